The summed E-state index contributed by atoms with van der Waals surface area (Å²) >= 11 is 1.76. The van der Waals surface area contributed by atoms with Gasteiger partial charge in [-0.2, -0.15) is 0 Å². The molecule has 0 radical (unpaired) electrons. The van der Waals surface area contributed by atoms with E-state index in [1.165, 1.54) is 29.7 Å². The van der Waals surface area contributed by atoms with Gasteiger partial charge in [-0.3, -0.25) is 0 Å². The number of nitrogens with one attached hydrogen (secondary N) is 2. The molecule has 1 heterocycles. The number of benzene rings is 1. The van der Waals surface area contributed by atoms with Crippen molar-refractivity contribution in [1.82, 2.24) is 15.6 Å². The number of aromatic nitrogens is 1. The zero-order chi connectivity index (χ0) is 17.5. The van der Waals surface area contributed by atoms with Crippen molar-refractivity contribution in [3.8, 4) is 0 Å². The molecule has 134 valence electrons. The van der Waals surface area contributed by atoms with Crippen LogP contribution in [0.4, 0.5) is 4.79 Å². The predicted molar refractivity (Wildman–Crippen MR) is 103 cm³/mol. The number of hydrogen-bond donors (Lipinski definition) is 2. The summed E-state index contributed by atoms with van der Waals surface area (Å²) in [7, 11) is 0. The number of urea groups is 1. The number of carbonyl (C=O) groups is 1. The molecule has 0 unspecified atom stereocenters. The maximum Gasteiger partial charge on any atom is 0.315 e. The molecule has 1 fully saturated rings. The van der Waals surface area contributed by atoms with Crippen molar-refractivity contribution in [2.45, 2.75) is 57.9 Å². The summed E-state index contributed by atoms with van der Waals surface area (Å²) in [5.41, 5.74) is 2.42. The van der Waals surface area contributed by atoms with Gasteiger partial charge < -0.3 is 10.6 Å². The first-order chi connectivity index (χ1) is 12.2. The first-order valence-electron chi connectivity index (χ1n) is 9.24. The fourth-order valence-electron chi connectivity index (χ4n) is 3.31. The highest BCUT2D eigenvalue weighted by molar-refractivity contribution is 7.11. The van der Waals surface area contributed by atoms with Gasteiger partial charge in [0.05, 0.1) is 10.7 Å². The lowest BCUT2D eigenvalue weighted by Crippen LogP contribution is -2.43. The van der Waals surface area contributed by atoms with E-state index in [1.54, 1.807) is 11.3 Å². The van der Waals surface area contributed by atoms with E-state index < -0.39 is 0 Å². The van der Waals surface area contributed by atoms with Gasteiger partial charge in [0.2, 0.25) is 0 Å². The van der Waals surface area contributed by atoms with Crippen LogP contribution in [0.5, 0.6) is 0 Å². The monoisotopic (exact) mass is 357 g/mol. The van der Waals surface area contributed by atoms with Gasteiger partial charge in [-0.1, -0.05) is 49.6 Å². The number of thiazole rings is 1. The van der Waals surface area contributed by atoms with Crippen LogP contribution in [0, 0.1) is 6.92 Å². The van der Waals surface area contributed by atoms with Crippen LogP contribution < -0.4 is 10.6 Å². The standard InChI is InChI=1S/C20H27N3OS/c1-15-18(14-16-8-4-2-5-9-16)25-19(22-15)12-13-21-20(24)23-17-10-6-3-7-11-17/h2,4-5,8-9,17H,3,6-7,10-14H2,1H3,(H2,21,23,24). The molecule has 5 heteroatoms. The third kappa shape index (κ3) is 5.56. The summed E-state index contributed by atoms with van der Waals surface area (Å²) in [5, 5.41) is 7.16. The van der Waals surface area contributed by atoms with E-state index in [9.17, 15) is 4.79 Å². The van der Waals surface area contributed by atoms with Crippen molar-refractivity contribution < 1.29 is 4.79 Å². The Morgan fingerprint density at radius 3 is 2.72 bits per heavy atom. The summed E-state index contributed by atoms with van der Waals surface area (Å²) in [6.45, 7) is 2.71. The lowest BCUT2D eigenvalue weighted by molar-refractivity contribution is 0.233. The Kier molecular flexibility index (Phi) is 6.45. The molecule has 0 atom stereocenters. The number of aryl methyl sites for hydroxylation is 1. The average molecular weight is 358 g/mol. The number of hydrogen-bond acceptors (Lipinski definition) is 3. The third-order valence-corrected chi connectivity index (χ3v) is 5.93. The Hall–Kier alpha value is -1.88. The quantitative estimate of drug-likeness (QED) is 0.813. The average Bonchev–Trinajstić information content (AvgIpc) is 2.96. The van der Waals surface area contributed by atoms with Crippen molar-refractivity contribution in [3.63, 3.8) is 0 Å². The summed E-state index contributed by atoms with van der Waals surface area (Å²) in [6.07, 6.45) is 7.71. The minimum Gasteiger partial charge on any atom is -0.338 e. The van der Waals surface area contributed by atoms with Gasteiger partial charge in [-0.15, -0.1) is 11.3 Å². The first-order valence-corrected chi connectivity index (χ1v) is 10.1. The van der Waals surface area contributed by atoms with E-state index >= 15 is 0 Å². The van der Waals surface area contributed by atoms with Crippen LogP contribution in [-0.4, -0.2) is 23.6 Å². The zero-order valence-electron chi connectivity index (χ0n) is 14.9. The maximum atomic E-state index is 12.0. The lowest BCUT2D eigenvalue weighted by atomic mass is 9.96. The van der Waals surface area contributed by atoms with Crippen molar-refractivity contribution >= 4 is 17.4 Å². The minimum atomic E-state index is -0.0373. The summed E-state index contributed by atoms with van der Waals surface area (Å²) < 4.78 is 0. The highest BCUT2D eigenvalue weighted by Crippen LogP contribution is 2.22. The Bertz CT molecular complexity index is 678. The molecule has 1 aliphatic carbocycles. The zero-order valence-corrected chi connectivity index (χ0v) is 15.7. The second-order valence-electron chi connectivity index (χ2n) is 6.76. The molecule has 1 aliphatic rings. The van der Waals surface area contributed by atoms with E-state index in [-0.39, 0.29) is 6.03 Å². The molecular weight excluding hydrogens is 330 g/mol. The molecule has 1 aromatic heterocycles. The number of amides is 2. The van der Waals surface area contributed by atoms with Crippen LogP contribution in [0.25, 0.3) is 0 Å². The van der Waals surface area contributed by atoms with Crippen LogP contribution >= 0.6 is 11.3 Å². The van der Waals surface area contributed by atoms with Gasteiger partial charge in [0, 0.05) is 30.3 Å². The topological polar surface area (TPSA) is 54.0 Å². The second kappa shape index (κ2) is 8.99. The van der Waals surface area contributed by atoms with Gasteiger partial charge in [-0.25, -0.2) is 9.78 Å². The third-order valence-electron chi connectivity index (χ3n) is 4.71. The van der Waals surface area contributed by atoms with E-state index in [0.717, 1.165) is 36.4 Å². The summed E-state index contributed by atoms with van der Waals surface area (Å²) in [6, 6.07) is 10.8. The smallest absolute Gasteiger partial charge is 0.315 e. The van der Waals surface area contributed by atoms with Crippen LogP contribution in [0.2, 0.25) is 0 Å². The highest BCUT2D eigenvalue weighted by Gasteiger charge is 2.15. The van der Waals surface area contributed by atoms with Crippen LogP contribution in [0.1, 0.15) is 53.2 Å². The first kappa shape index (κ1) is 17.9. The minimum absolute atomic E-state index is 0.0373. The molecule has 25 heavy (non-hydrogen) atoms. The SMILES string of the molecule is Cc1nc(CCNC(=O)NC2CCCCC2)sc1Cc1ccccc1. The molecular formula is C20H27N3OS. The Balaban J connectivity index is 1.44. The lowest BCUT2D eigenvalue weighted by Gasteiger charge is -2.22. The van der Waals surface area contributed by atoms with Crippen molar-refractivity contribution in [1.29, 1.82) is 0 Å². The molecule has 2 aromatic rings. The molecule has 0 spiro atoms. The van der Waals surface area contributed by atoms with Gasteiger partial charge in [0.25, 0.3) is 0 Å². The predicted octanol–water partition coefficient (Wildman–Crippen LogP) is 4.22. The normalized spacial score (nSPS) is 15.1. The van der Waals surface area contributed by atoms with Gasteiger partial charge in [0.1, 0.15) is 0 Å². The molecule has 4 nitrogen and oxygen atoms in total. The van der Waals surface area contributed by atoms with Gasteiger partial charge >= 0.3 is 6.03 Å². The molecule has 1 saturated carbocycles. The number of nitrogens with zero attached hydrogens (tertiary/aromatic N) is 1. The molecule has 3 rings (SSSR count). The summed E-state index contributed by atoms with van der Waals surface area (Å²) in [5.74, 6) is 0. The maximum absolute atomic E-state index is 12.0. The fraction of sp³-hybridized carbons (Fsp3) is 0.500. The van der Waals surface area contributed by atoms with Crippen molar-refractivity contribution in [3.05, 3.63) is 51.5 Å². The van der Waals surface area contributed by atoms with Crippen LogP contribution in [0.15, 0.2) is 30.3 Å². The Morgan fingerprint density at radius 1 is 1.20 bits per heavy atom. The fourth-order valence-corrected chi connectivity index (χ4v) is 4.41. The molecule has 1 aromatic carbocycles. The Morgan fingerprint density at radius 2 is 1.96 bits per heavy atom. The number of carbonyl (C=O) groups excluding carboxylic acids is 1. The van der Waals surface area contributed by atoms with E-state index in [4.69, 9.17) is 0 Å². The van der Waals surface area contributed by atoms with E-state index in [1.807, 2.05) is 6.07 Å². The largest absolute Gasteiger partial charge is 0.338 e. The van der Waals surface area contributed by atoms with Gasteiger partial charge in [0.15, 0.2) is 0 Å². The van der Waals surface area contributed by atoms with Crippen LogP contribution in [-0.2, 0) is 12.8 Å². The molecule has 0 saturated heterocycles. The number of rotatable bonds is 6. The van der Waals surface area contributed by atoms with Crippen molar-refractivity contribution in [2.24, 2.45) is 0 Å². The van der Waals surface area contributed by atoms with E-state index in [2.05, 4.69) is 46.8 Å². The molecule has 0 bridgehead atoms. The Labute approximate surface area is 154 Å². The highest BCUT2D eigenvalue weighted by atomic mass is 32.1. The molecule has 0 aliphatic heterocycles. The van der Waals surface area contributed by atoms with Crippen molar-refractivity contribution in [2.75, 3.05) is 6.54 Å². The molecule has 2 amide bonds. The summed E-state index contributed by atoms with van der Waals surface area (Å²) in [4.78, 5) is 18.0. The van der Waals surface area contributed by atoms with Crippen LogP contribution in [0.3, 0.4) is 0 Å². The van der Waals surface area contributed by atoms with E-state index in [0.29, 0.717) is 12.6 Å². The second-order valence-corrected chi connectivity index (χ2v) is 7.93. The van der Waals surface area contributed by atoms with Gasteiger partial charge in [-0.05, 0) is 25.3 Å². The molecule has 2 N–H and O–H groups in total.